The molecule has 2 amide bonds. The first-order valence-electron chi connectivity index (χ1n) is 8.81. The van der Waals surface area contributed by atoms with Crippen LogP contribution in [0.4, 0.5) is 5.69 Å². The van der Waals surface area contributed by atoms with Crippen molar-refractivity contribution >= 4 is 39.1 Å². The number of anilines is 1. The van der Waals surface area contributed by atoms with Crippen molar-refractivity contribution in [3.05, 3.63) is 94.5 Å². The average molecular weight is 444 g/mol. The predicted molar refractivity (Wildman–Crippen MR) is 115 cm³/mol. The van der Waals surface area contributed by atoms with E-state index in [0.717, 1.165) is 5.56 Å². The van der Waals surface area contributed by atoms with Crippen molar-refractivity contribution in [1.82, 2.24) is 10.9 Å². The van der Waals surface area contributed by atoms with E-state index in [1.54, 1.807) is 49.4 Å². The molecule has 0 fully saturated rings. The fourth-order valence-corrected chi connectivity index (χ4v) is 3.78. The lowest BCUT2D eigenvalue weighted by Crippen LogP contribution is -2.41. The summed E-state index contributed by atoms with van der Waals surface area (Å²) in [5.74, 6) is -1.03. The standard InChI is InChI=1S/C21H18ClN3O4S/c1-14-4-2-3-5-19(14)21(27)24-23-20(26)15-6-12-18(13-7-15)30(28,29)25-17-10-8-16(22)9-11-17/h2-13,25H,1H3,(H,23,26)(H,24,27). The van der Waals surface area contributed by atoms with Gasteiger partial charge in [0.1, 0.15) is 0 Å². The first kappa shape index (κ1) is 21.4. The maximum Gasteiger partial charge on any atom is 0.269 e. The molecule has 0 heterocycles. The monoisotopic (exact) mass is 443 g/mol. The van der Waals surface area contributed by atoms with Crippen LogP contribution in [-0.4, -0.2) is 20.2 Å². The Bertz CT molecular complexity index is 1180. The molecule has 3 aromatic carbocycles. The Labute approximate surface area is 179 Å². The maximum absolute atomic E-state index is 12.5. The summed E-state index contributed by atoms with van der Waals surface area (Å²) in [5.41, 5.74) is 6.41. The molecule has 0 radical (unpaired) electrons. The van der Waals surface area contributed by atoms with Gasteiger partial charge in [-0.15, -0.1) is 0 Å². The number of sulfonamides is 1. The van der Waals surface area contributed by atoms with E-state index >= 15 is 0 Å². The van der Waals surface area contributed by atoms with Crippen LogP contribution in [0.3, 0.4) is 0 Å². The second kappa shape index (κ2) is 8.98. The lowest BCUT2D eigenvalue weighted by atomic mass is 10.1. The van der Waals surface area contributed by atoms with Gasteiger partial charge in [0.25, 0.3) is 21.8 Å². The minimum absolute atomic E-state index is 0.0158. The summed E-state index contributed by atoms with van der Waals surface area (Å²) in [7, 11) is -3.83. The van der Waals surface area contributed by atoms with Crippen LogP contribution >= 0.6 is 11.6 Å². The average Bonchev–Trinajstić information content (AvgIpc) is 2.73. The minimum atomic E-state index is -3.83. The molecule has 0 aromatic heterocycles. The van der Waals surface area contributed by atoms with Gasteiger partial charge in [-0.2, -0.15) is 0 Å². The summed E-state index contributed by atoms with van der Waals surface area (Å²) >= 11 is 5.79. The molecule has 0 aliphatic heterocycles. The quantitative estimate of drug-likeness (QED) is 0.524. The van der Waals surface area contributed by atoms with Crippen LogP contribution in [0.5, 0.6) is 0 Å². The second-order valence-electron chi connectivity index (χ2n) is 6.36. The van der Waals surface area contributed by atoms with Crippen LogP contribution in [0.1, 0.15) is 26.3 Å². The molecule has 0 unspecified atom stereocenters. The summed E-state index contributed by atoms with van der Waals surface area (Å²) in [6.45, 7) is 1.79. The molecule has 0 aliphatic carbocycles. The number of hydrazine groups is 1. The number of hydrogen-bond donors (Lipinski definition) is 3. The van der Waals surface area contributed by atoms with Crippen molar-refractivity contribution in [3.63, 3.8) is 0 Å². The third-order valence-electron chi connectivity index (χ3n) is 4.20. The fourth-order valence-electron chi connectivity index (χ4n) is 2.60. The van der Waals surface area contributed by atoms with E-state index in [2.05, 4.69) is 15.6 Å². The van der Waals surface area contributed by atoms with E-state index < -0.39 is 21.8 Å². The summed E-state index contributed by atoms with van der Waals surface area (Å²) in [4.78, 5) is 24.4. The van der Waals surface area contributed by atoms with Crippen molar-refractivity contribution in [1.29, 1.82) is 0 Å². The Morgan fingerprint density at radius 2 is 1.40 bits per heavy atom. The second-order valence-corrected chi connectivity index (χ2v) is 8.48. The van der Waals surface area contributed by atoms with Gasteiger partial charge in [0.05, 0.1) is 4.90 Å². The van der Waals surface area contributed by atoms with Gasteiger partial charge < -0.3 is 0 Å². The highest BCUT2D eigenvalue weighted by Crippen LogP contribution is 2.19. The van der Waals surface area contributed by atoms with Crippen molar-refractivity contribution in [2.75, 3.05) is 4.72 Å². The summed E-state index contributed by atoms with van der Waals surface area (Å²) in [6.07, 6.45) is 0. The highest BCUT2D eigenvalue weighted by atomic mass is 35.5. The highest BCUT2D eigenvalue weighted by molar-refractivity contribution is 7.92. The number of hydrogen-bond acceptors (Lipinski definition) is 4. The van der Waals surface area contributed by atoms with Crippen LogP contribution in [0.15, 0.2) is 77.7 Å². The van der Waals surface area contributed by atoms with E-state index in [9.17, 15) is 18.0 Å². The van der Waals surface area contributed by atoms with E-state index in [4.69, 9.17) is 11.6 Å². The van der Waals surface area contributed by atoms with Gasteiger partial charge in [-0.05, 0) is 67.1 Å². The molecule has 0 atom stereocenters. The van der Waals surface area contributed by atoms with Gasteiger partial charge >= 0.3 is 0 Å². The van der Waals surface area contributed by atoms with Crippen molar-refractivity contribution in [3.8, 4) is 0 Å². The number of rotatable bonds is 5. The molecular formula is C21H18ClN3O4S. The third kappa shape index (κ3) is 5.16. The Hall–Kier alpha value is -3.36. The van der Waals surface area contributed by atoms with Gasteiger partial charge in [-0.25, -0.2) is 8.42 Å². The van der Waals surface area contributed by atoms with Gasteiger partial charge in [0.15, 0.2) is 0 Å². The summed E-state index contributed by atoms with van der Waals surface area (Å²) in [5, 5.41) is 0.489. The maximum atomic E-state index is 12.5. The van der Waals surface area contributed by atoms with Crippen LogP contribution in [0.25, 0.3) is 0 Å². The zero-order valence-corrected chi connectivity index (χ0v) is 17.4. The van der Waals surface area contributed by atoms with Crippen LogP contribution in [-0.2, 0) is 10.0 Å². The van der Waals surface area contributed by atoms with E-state index in [1.165, 1.54) is 24.3 Å². The van der Waals surface area contributed by atoms with E-state index in [-0.39, 0.29) is 10.5 Å². The van der Waals surface area contributed by atoms with Crippen molar-refractivity contribution < 1.29 is 18.0 Å². The van der Waals surface area contributed by atoms with Gasteiger partial charge in [-0.1, -0.05) is 29.8 Å². The Balaban J connectivity index is 1.64. The number of nitrogens with one attached hydrogen (secondary N) is 3. The van der Waals surface area contributed by atoms with Crippen LogP contribution < -0.4 is 15.6 Å². The zero-order valence-electron chi connectivity index (χ0n) is 15.8. The number of halogens is 1. The van der Waals surface area contributed by atoms with Crippen LogP contribution in [0.2, 0.25) is 5.02 Å². The molecule has 3 aromatic rings. The Morgan fingerprint density at radius 1 is 0.800 bits per heavy atom. The molecule has 154 valence electrons. The minimum Gasteiger partial charge on any atom is -0.280 e. The molecule has 0 saturated heterocycles. The molecule has 0 saturated carbocycles. The molecule has 9 heteroatoms. The highest BCUT2D eigenvalue weighted by Gasteiger charge is 2.16. The number of carbonyl (C=O) groups excluding carboxylic acids is 2. The first-order chi connectivity index (χ1) is 14.3. The van der Waals surface area contributed by atoms with E-state index in [1.807, 2.05) is 6.07 Å². The van der Waals surface area contributed by atoms with E-state index in [0.29, 0.717) is 16.3 Å². The molecule has 30 heavy (non-hydrogen) atoms. The Morgan fingerprint density at radius 3 is 2.03 bits per heavy atom. The van der Waals surface area contributed by atoms with Crippen molar-refractivity contribution in [2.45, 2.75) is 11.8 Å². The fraction of sp³-hybridized carbons (Fsp3) is 0.0476. The smallest absolute Gasteiger partial charge is 0.269 e. The van der Waals surface area contributed by atoms with Gasteiger partial charge in [0, 0.05) is 21.8 Å². The molecule has 3 N–H and O–H groups in total. The molecule has 3 rings (SSSR count). The number of carbonyl (C=O) groups is 2. The third-order valence-corrected chi connectivity index (χ3v) is 5.85. The predicted octanol–water partition coefficient (Wildman–Crippen LogP) is 3.52. The van der Waals surface area contributed by atoms with Gasteiger partial charge in [0.2, 0.25) is 0 Å². The first-order valence-corrected chi connectivity index (χ1v) is 10.7. The summed E-state index contributed by atoms with van der Waals surface area (Å²) < 4.78 is 27.4. The topological polar surface area (TPSA) is 104 Å². The lowest BCUT2D eigenvalue weighted by molar-refractivity contribution is 0.0846. The number of benzene rings is 3. The summed E-state index contributed by atoms with van der Waals surface area (Å²) in [6, 6.07) is 18.5. The van der Waals surface area contributed by atoms with Crippen molar-refractivity contribution in [2.24, 2.45) is 0 Å². The Kier molecular flexibility index (Phi) is 6.39. The van der Waals surface area contributed by atoms with Gasteiger partial charge in [-0.3, -0.25) is 25.2 Å². The molecular weight excluding hydrogens is 426 g/mol. The molecule has 0 aliphatic rings. The molecule has 0 spiro atoms. The molecule has 0 bridgehead atoms. The number of amides is 2. The zero-order chi connectivity index (χ0) is 21.7. The lowest BCUT2D eigenvalue weighted by Gasteiger charge is -2.10. The normalized spacial score (nSPS) is 10.9. The molecule has 7 nitrogen and oxygen atoms in total. The number of aryl methyl sites for hydroxylation is 1. The largest absolute Gasteiger partial charge is 0.280 e. The van der Waals surface area contributed by atoms with Crippen LogP contribution in [0, 0.1) is 6.92 Å². The SMILES string of the molecule is Cc1ccccc1C(=O)NNC(=O)c1ccc(S(=O)(=O)Nc2ccc(Cl)cc2)cc1.